The van der Waals surface area contributed by atoms with Gasteiger partial charge in [-0.25, -0.2) is 4.90 Å². The highest BCUT2D eigenvalue weighted by molar-refractivity contribution is 8.15. The molecule has 0 radical (unpaired) electrons. The maximum absolute atomic E-state index is 12.7. The number of nitrogens with one attached hydrogen (secondary N) is 1. The Hall–Kier alpha value is -2.80. The van der Waals surface area contributed by atoms with Gasteiger partial charge in [0.1, 0.15) is 11.0 Å². The maximum Gasteiger partial charge on any atom is 0.293 e. The maximum atomic E-state index is 12.7. The minimum atomic E-state index is -0.750. The Kier molecular flexibility index (Phi) is 4.99. The van der Waals surface area contributed by atoms with Gasteiger partial charge in [-0.2, -0.15) is 0 Å². The monoisotopic (exact) mass is 370 g/mol. The van der Waals surface area contributed by atoms with E-state index in [0.717, 1.165) is 27.8 Å². The van der Waals surface area contributed by atoms with Crippen molar-refractivity contribution < 1.29 is 19.5 Å². The highest BCUT2D eigenvalue weighted by Crippen LogP contribution is 2.35. The van der Waals surface area contributed by atoms with E-state index in [1.54, 1.807) is 18.2 Å². The summed E-state index contributed by atoms with van der Waals surface area (Å²) in [5, 5.41) is 10.8. The Morgan fingerprint density at radius 3 is 2.50 bits per heavy atom. The predicted molar refractivity (Wildman–Crippen MR) is 102 cm³/mol. The summed E-state index contributed by atoms with van der Waals surface area (Å²) < 4.78 is 0. The highest BCUT2D eigenvalue weighted by Gasteiger charge is 2.42. The van der Waals surface area contributed by atoms with E-state index in [1.807, 2.05) is 26.0 Å². The standard InChI is InChI=1S/C19H18N2O4S/c1-11-3-8-15(12(2)9-11)21-18(24)16(26-19(21)25)10-17(23)20-13-4-6-14(22)7-5-13/h3-9,16,22H,10H2,1-2H3,(H,20,23). The van der Waals surface area contributed by atoms with Crippen molar-refractivity contribution >= 4 is 40.2 Å². The average Bonchev–Trinajstić information content (AvgIpc) is 2.84. The zero-order valence-corrected chi connectivity index (χ0v) is 15.2. The van der Waals surface area contributed by atoms with Crippen molar-refractivity contribution in [3.63, 3.8) is 0 Å². The predicted octanol–water partition coefficient (Wildman–Crippen LogP) is 3.61. The molecule has 134 valence electrons. The van der Waals surface area contributed by atoms with Gasteiger partial charge in [-0.3, -0.25) is 14.4 Å². The minimum absolute atomic E-state index is 0.0965. The third-order valence-corrected chi connectivity index (χ3v) is 5.07. The summed E-state index contributed by atoms with van der Waals surface area (Å²) in [6, 6.07) is 11.5. The second-order valence-corrected chi connectivity index (χ2v) is 7.29. The summed E-state index contributed by atoms with van der Waals surface area (Å²) in [4.78, 5) is 38.3. The van der Waals surface area contributed by atoms with E-state index in [-0.39, 0.29) is 29.2 Å². The van der Waals surface area contributed by atoms with Crippen molar-refractivity contribution in [2.45, 2.75) is 25.5 Å². The lowest BCUT2D eigenvalue weighted by Gasteiger charge is -2.17. The van der Waals surface area contributed by atoms with Gasteiger partial charge in [-0.1, -0.05) is 17.7 Å². The number of anilines is 2. The van der Waals surface area contributed by atoms with Crippen molar-refractivity contribution in [1.29, 1.82) is 0 Å². The van der Waals surface area contributed by atoms with Crippen LogP contribution < -0.4 is 10.2 Å². The molecule has 1 aliphatic rings. The number of imide groups is 1. The summed E-state index contributed by atoms with van der Waals surface area (Å²) in [7, 11) is 0. The van der Waals surface area contributed by atoms with Crippen LogP contribution in [0.1, 0.15) is 17.5 Å². The lowest BCUT2D eigenvalue weighted by atomic mass is 10.1. The van der Waals surface area contributed by atoms with Crippen LogP contribution in [0.5, 0.6) is 5.75 Å². The third-order valence-electron chi connectivity index (χ3n) is 4.04. The molecule has 1 heterocycles. The lowest BCUT2D eigenvalue weighted by molar-refractivity contribution is -0.121. The molecule has 3 amide bonds. The second-order valence-electron chi connectivity index (χ2n) is 6.14. The van der Waals surface area contributed by atoms with E-state index in [4.69, 9.17) is 0 Å². The van der Waals surface area contributed by atoms with Crippen LogP contribution in [0, 0.1) is 13.8 Å². The first-order chi connectivity index (χ1) is 12.3. The molecule has 26 heavy (non-hydrogen) atoms. The minimum Gasteiger partial charge on any atom is -0.508 e. The van der Waals surface area contributed by atoms with Crippen LogP contribution >= 0.6 is 11.8 Å². The average molecular weight is 370 g/mol. The molecule has 2 aromatic rings. The van der Waals surface area contributed by atoms with Crippen LogP contribution in [0.25, 0.3) is 0 Å². The van der Waals surface area contributed by atoms with Crippen LogP contribution in [-0.4, -0.2) is 27.4 Å². The van der Waals surface area contributed by atoms with E-state index < -0.39 is 5.25 Å². The first-order valence-electron chi connectivity index (χ1n) is 8.06. The molecular formula is C19H18N2O4S. The zero-order chi connectivity index (χ0) is 18.8. The number of aryl methyl sites for hydroxylation is 2. The van der Waals surface area contributed by atoms with Gasteiger partial charge in [0.15, 0.2) is 0 Å². The Morgan fingerprint density at radius 2 is 1.85 bits per heavy atom. The van der Waals surface area contributed by atoms with E-state index in [0.29, 0.717) is 11.4 Å². The quantitative estimate of drug-likeness (QED) is 0.803. The van der Waals surface area contributed by atoms with Crippen molar-refractivity contribution in [2.75, 3.05) is 10.2 Å². The molecule has 1 unspecified atom stereocenters. The summed E-state index contributed by atoms with van der Waals surface area (Å²) in [6.07, 6.45) is -0.0997. The molecule has 1 aliphatic heterocycles. The lowest BCUT2D eigenvalue weighted by Crippen LogP contribution is -2.33. The van der Waals surface area contributed by atoms with Gasteiger partial charge in [0.25, 0.3) is 5.24 Å². The summed E-state index contributed by atoms with van der Waals surface area (Å²) in [6.45, 7) is 3.79. The summed E-state index contributed by atoms with van der Waals surface area (Å²) in [5.74, 6) is -0.649. The molecule has 3 rings (SSSR count). The number of phenols is 1. The molecule has 7 heteroatoms. The van der Waals surface area contributed by atoms with Crippen LogP contribution in [-0.2, 0) is 9.59 Å². The Bertz CT molecular complexity index is 880. The van der Waals surface area contributed by atoms with Gasteiger partial charge < -0.3 is 10.4 Å². The van der Waals surface area contributed by atoms with E-state index in [2.05, 4.69) is 5.32 Å². The molecule has 1 atom stereocenters. The van der Waals surface area contributed by atoms with Crippen LogP contribution in [0.3, 0.4) is 0 Å². The van der Waals surface area contributed by atoms with Gasteiger partial charge in [-0.05, 0) is 61.5 Å². The molecule has 0 spiro atoms. The number of thioether (sulfide) groups is 1. The number of benzene rings is 2. The van der Waals surface area contributed by atoms with Gasteiger partial charge in [0.2, 0.25) is 11.8 Å². The fourth-order valence-corrected chi connectivity index (χ4v) is 3.76. The Morgan fingerprint density at radius 1 is 1.15 bits per heavy atom. The number of carbonyl (C=O) groups is 3. The molecule has 1 saturated heterocycles. The SMILES string of the molecule is Cc1ccc(N2C(=O)SC(CC(=O)Nc3ccc(O)cc3)C2=O)c(C)c1. The van der Waals surface area contributed by atoms with Crippen molar-refractivity contribution in [3.05, 3.63) is 53.6 Å². The molecule has 0 aromatic heterocycles. The number of rotatable bonds is 4. The Labute approximate surface area is 155 Å². The first kappa shape index (κ1) is 18.0. The largest absolute Gasteiger partial charge is 0.508 e. The summed E-state index contributed by atoms with van der Waals surface area (Å²) in [5.41, 5.74) is 2.95. The molecule has 0 aliphatic carbocycles. The number of phenolic OH excluding ortho intramolecular Hbond substituents is 1. The van der Waals surface area contributed by atoms with E-state index in [1.165, 1.54) is 12.1 Å². The topological polar surface area (TPSA) is 86.7 Å². The number of hydrogen-bond donors (Lipinski definition) is 2. The van der Waals surface area contributed by atoms with E-state index in [9.17, 15) is 19.5 Å². The molecule has 1 fully saturated rings. The molecule has 2 aromatic carbocycles. The van der Waals surface area contributed by atoms with Gasteiger partial charge in [0, 0.05) is 12.1 Å². The number of nitrogens with zero attached hydrogens (tertiary/aromatic N) is 1. The van der Waals surface area contributed by atoms with Crippen LogP contribution in [0.2, 0.25) is 0 Å². The van der Waals surface area contributed by atoms with E-state index >= 15 is 0 Å². The molecule has 2 N–H and O–H groups in total. The zero-order valence-electron chi connectivity index (χ0n) is 14.4. The molecule has 0 saturated carbocycles. The molecule has 0 bridgehead atoms. The van der Waals surface area contributed by atoms with Crippen molar-refractivity contribution in [1.82, 2.24) is 0 Å². The fourth-order valence-electron chi connectivity index (χ4n) is 2.79. The second kappa shape index (κ2) is 7.21. The Balaban J connectivity index is 1.70. The smallest absolute Gasteiger partial charge is 0.293 e. The first-order valence-corrected chi connectivity index (χ1v) is 8.94. The molecule has 6 nitrogen and oxygen atoms in total. The number of amides is 3. The summed E-state index contributed by atoms with van der Waals surface area (Å²) >= 11 is 0.867. The van der Waals surface area contributed by atoms with Gasteiger partial charge in [0.05, 0.1) is 5.69 Å². The van der Waals surface area contributed by atoms with Crippen LogP contribution in [0.4, 0.5) is 16.2 Å². The fraction of sp³-hybridized carbons (Fsp3) is 0.211. The normalized spacial score (nSPS) is 16.8. The van der Waals surface area contributed by atoms with Crippen molar-refractivity contribution in [3.8, 4) is 5.75 Å². The number of hydrogen-bond acceptors (Lipinski definition) is 5. The highest BCUT2D eigenvalue weighted by atomic mass is 32.2. The molecular weight excluding hydrogens is 352 g/mol. The van der Waals surface area contributed by atoms with Gasteiger partial charge in [-0.15, -0.1) is 0 Å². The third kappa shape index (κ3) is 3.72. The van der Waals surface area contributed by atoms with Gasteiger partial charge >= 0.3 is 0 Å². The number of aromatic hydroxyl groups is 1. The number of carbonyl (C=O) groups excluding carboxylic acids is 3. The van der Waals surface area contributed by atoms with Crippen molar-refractivity contribution in [2.24, 2.45) is 0 Å². The van der Waals surface area contributed by atoms with Crippen LogP contribution in [0.15, 0.2) is 42.5 Å².